The van der Waals surface area contributed by atoms with Gasteiger partial charge in [0.25, 0.3) is 0 Å². The summed E-state index contributed by atoms with van der Waals surface area (Å²) in [5, 5.41) is 2.59. The number of alkyl halides is 3. The number of aromatic amines is 1. The molecule has 0 amide bonds. The molecule has 1 aromatic carbocycles. The number of H-pyrrole nitrogens is 1. The van der Waals surface area contributed by atoms with E-state index in [4.69, 9.17) is 0 Å². The SMILES string of the molecule is CC(C)CC(NCC(F)(F)F)c1nc2ccc(-c3ccncc3)cc2[nH]1. The molecule has 138 valence electrons. The second-order valence-electron chi connectivity index (χ2n) is 6.77. The number of fused-ring (bicyclic) bond motifs is 1. The van der Waals surface area contributed by atoms with E-state index in [1.807, 2.05) is 44.2 Å². The van der Waals surface area contributed by atoms with Gasteiger partial charge >= 0.3 is 6.18 Å². The first-order valence-corrected chi connectivity index (χ1v) is 8.52. The summed E-state index contributed by atoms with van der Waals surface area (Å²) in [6, 6.07) is 9.12. The predicted molar refractivity (Wildman–Crippen MR) is 95.6 cm³/mol. The van der Waals surface area contributed by atoms with Gasteiger partial charge in [-0.3, -0.25) is 10.3 Å². The van der Waals surface area contributed by atoms with Crippen molar-refractivity contribution in [2.75, 3.05) is 6.54 Å². The van der Waals surface area contributed by atoms with Crippen molar-refractivity contribution in [3.05, 3.63) is 48.5 Å². The maximum atomic E-state index is 12.6. The van der Waals surface area contributed by atoms with Crippen LogP contribution in [-0.2, 0) is 0 Å². The highest BCUT2D eigenvalue weighted by molar-refractivity contribution is 5.81. The lowest BCUT2D eigenvalue weighted by atomic mass is 10.0. The highest BCUT2D eigenvalue weighted by Crippen LogP contribution is 2.27. The zero-order chi connectivity index (χ0) is 18.7. The molecule has 0 radical (unpaired) electrons. The van der Waals surface area contributed by atoms with Gasteiger partial charge in [0.1, 0.15) is 5.82 Å². The fourth-order valence-corrected chi connectivity index (χ4v) is 2.92. The molecule has 0 spiro atoms. The summed E-state index contributed by atoms with van der Waals surface area (Å²) in [4.78, 5) is 11.7. The number of hydrogen-bond donors (Lipinski definition) is 2. The molecule has 0 fully saturated rings. The van der Waals surface area contributed by atoms with Crippen molar-refractivity contribution in [2.24, 2.45) is 5.92 Å². The number of hydrogen-bond acceptors (Lipinski definition) is 3. The van der Waals surface area contributed by atoms with Crippen LogP contribution in [0.4, 0.5) is 13.2 Å². The topological polar surface area (TPSA) is 53.6 Å². The zero-order valence-corrected chi connectivity index (χ0v) is 14.6. The van der Waals surface area contributed by atoms with Crippen molar-refractivity contribution in [1.29, 1.82) is 0 Å². The van der Waals surface area contributed by atoms with E-state index in [-0.39, 0.29) is 5.92 Å². The molecule has 26 heavy (non-hydrogen) atoms. The van der Waals surface area contributed by atoms with Gasteiger partial charge < -0.3 is 4.98 Å². The monoisotopic (exact) mass is 362 g/mol. The molecule has 0 bridgehead atoms. The van der Waals surface area contributed by atoms with Crippen molar-refractivity contribution >= 4 is 11.0 Å². The average Bonchev–Trinajstić information content (AvgIpc) is 3.01. The Kier molecular flexibility index (Phi) is 5.27. The molecule has 0 aliphatic rings. The maximum absolute atomic E-state index is 12.6. The number of nitrogens with zero attached hydrogens (tertiary/aromatic N) is 2. The van der Waals surface area contributed by atoms with Crippen molar-refractivity contribution in [3.63, 3.8) is 0 Å². The Morgan fingerprint density at radius 1 is 1.08 bits per heavy atom. The molecule has 1 unspecified atom stereocenters. The third kappa shape index (κ3) is 4.60. The van der Waals surface area contributed by atoms with Gasteiger partial charge in [-0.05, 0) is 47.7 Å². The number of nitrogens with one attached hydrogen (secondary N) is 2. The molecular formula is C19H21F3N4. The summed E-state index contributed by atoms with van der Waals surface area (Å²) in [5.41, 5.74) is 3.56. The van der Waals surface area contributed by atoms with Crippen molar-refractivity contribution in [2.45, 2.75) is 32.5 Å². The molecule has 2 heterocycles. The number of halogens is 3. The Bertz CT molecular complexity index is 856. The number of benzene rings is 1. The van der Waals surface area contributed by atoms with Crippen LogP contribution < -0.4 is 5.32 Å². The predicted octanol–water partition coefficient (Wildman–Crippen LogP) is 4.86. The van der Waals surface area contributed by atoms with E-state index in [0.29, 0.717) is 12.2 Å². The largest absolute Gasteiger partial charge is 0.401 e. The molecule has 3 aromatic rings. The van der Waals surface area contributed by atoms with Gasteiger partial charge in [-0.15, -0.1) is 0 Å². The lowest BCUT2D eigenvalue weighted by molar-refractivity contribution is -0.126. The van der Waals surface area contributed by atoms with Gasteiger partial charge in [0.2, 0.25) is 0 Å². The molecule has 0 aliphatic carbocycles. The molecule has 4 nitrogen and oxygen atoms in total. The van der Waals surface area contributed by atoms with Gasteiger partial charge in [0.05, 0.1) is 23.6 Å². The molecule has 0 aliphatic heterocycles. The van der Waals surface area contributed by atoms with Gasteiger partial charge in [-0.2, -0.15) is 13.2 Å². The van der Waals surface area contributed by atoms with Crippen LogP contribution in [0.5, 0.6) is 0 Å². The smallest absolute Gasteiger partial charge is 0.341 e. The quantitative estimate of drug-likeness (QED) is 0.658. The minimum atomic E-state index is -4.25. The van der Waals surface area contributed by atoms with Gasteiger partial charge in [-0.25, -0.2) is 4.98 Å². The van der Waals surface area contributed by atoms with E-state index in [9.17, 15) is 13.2 Å². The molecular weight excluding hydrogens is 341 g/mol. The third-order valence-corrected chi connectivity index (χ3v) is 4.10. The Labute approximate surface area is 149 Å². The first-order valence-electron chi connectivity index (χ1n) is 8.52. The molecule has 1 atom stereocenters. The van der Waals surface area contributed by atoms with E-state index in [1.165, 1.54) is 0 Å². The number of rotatable bonds is 6. The molecule has 3 rings (SSSR count). The van der Waals surface area contributed by atoms with Crippen LogP contribution in [-0.4, -0.2) is 27.7 Å². The Hall–Kier alpha value is -2.41. The third-order valence-electron chi connectivity index (χ3n) is 4.10. The van der Waals surface area contributed by atoms with Crippen molar-refractivity contribution in [3.8, 4) is 11.1 Å². The number of aromatic nitrogens is 3. The molecule has 0 saturated carbocycles. The summed E-state index contributed by atoms with van der Waals surface area (Å²) in [5.74, 6) is 0.770. The molecule has 7 heteroatoms. The number of pyridine rings is 1. The first-order chi connectivity index (χ1) is 12.3. The lowest BCUT2D eigenvalue weighted by Gasteiger charge is -2.19. The average molecular weight is 362 g/mol. The summed E-state index contributed by atoms with van der Waals surface area (Å²) in [6.07, 6.45) is -0.252. The molecule has 2 N–H and O–H groups in total. The van der Waals surface area contributed by atoms with Crippen LogP contribution in [0.15, 0.2) is 42.7 Å². The second-order valence-corrected chi connectivity index (χ2v) is 6.77. The fraction of sp³-hybridized carbons (Fsp3) is 0.368. The summed E-state index contributed by atoms with van der Waals surface area (Å²) < 4.78 is 37.8. The van der Waals surface area contributed by atoms with Gasteiger partial charge in [0, 0.05) is 12.4 Å². The molecule has 0 saturated heterocycles. The van der Waals surface area contributed by atoms with E-state index in [0.717, 1.165) is 22.2 Å². The van der Waals surface area contributed by atoms with Crippen molar-refractivity contribution < 1.29 is 13.2 Å². The normalized spacial score (nSPS) is 13.5. The molecule has 2 aromatic heterocycles. The van der Waals surface area contributed by atoms with Gasteiger partial charge in [0.15, 0.2) is 0 Å². The standard InChI is InChI=1S/C19H21F3N4/c1-12(2)9-17(24-11-19(20,21)22)18-25-15-4-3-14(10-16(15)26-18)13-5-7-23-8-6-13/h3-8,10,12,17,24H,9,11H2,1-2H3,(H,25,26). The van der Waals surface area contributed by atoms with Crippen LogP contribution in [0.25, 0.3) is 22.2 Å². The van der Waals surface area contributed by atoms with Crippen LogP contribution >= 0.6 is 0 Å². The van der Waals surface area contributed by atoms with Crippen LogP contribution in [0.3, 0.4) is 0 Å². The second kappa shape index (κ2) is 7.45. The summed E-state index contributed by atoms with van der Waals surface area (Å²) in [7, 11) is 0. The highest BCUT2D eigenvalue weighted by Gasteiger charge is 2.29. The number of imidazole rings is 1. The lowest BCUT2D eigenvalue weighted by Crippen LogP contribution is -2.33. The fourth-order valence-electron chi connectivity index (χ4n) is 2.92. The minimum absolute atomic E-state index is 0.237. The van der Waals surface area contributed by atoms with E-state index < -0.39 is 18.8 Å². The minimum Gasteiger partial charge on any atom is -0.341 e. The Morgan fingerprint density at radius 2 is 1.81 bits per heavy atom. The van der Waals surface area contributed by atoms with Crippen LogP contribution in [0.1, 0.15) is 32.1 Å². The van der Waals surface area contributed by atoms with E-state index >= 15 is 0 Å². The first kappa shape index (κ1) is 18.4. The zero-order valence-electron chi connectivity index (χ0n) is 14.6. The highest BCUT2D eigenvalue weighted by atomic mass is 19.4. The Morgan fingerprint density at radius 3 is 2.46 bits per heavy atom. The Balaban J connectivity index is 1.90. The summed E-state index contributed by atoms with van der Waals surface area (Å²) >= 11 is 0. The van der Waals surface area contributed by atoms with E-state index in [2.05, 4.69) is 20.3 Å². The van der Waals surface area contributed by atoms with E-state index in [1.54, 1.807) is 12.4 Å². The summed E-state index contributed by atoms with van der Waals surface area (Å²) in [6.45, 7) is 2.92. The van der Waals surface area contributed by atoms with Gasteiger partial charge in [-0.1, -0.05) is 19.9 Å². The van der Waals surface area contributed by atoms with Crippen LogP contribution in [0, 0.1) is 5.92 Å². The van der Waals surface area contributed by atoms with Crippen LogP contribution in [0.2, 0.25) is 0 Å². The maximum Gasteiger partial charge on any atom is 0.401 e. The van der Waals surface area contributed by atoms with Crippen molar-refractivity contribution in [1.82, 2.24) is 20.3 Å².